The van der Waals surface area contributed by atoms with Crippen LogP contribution in [0.2, 0.25) is 0 Å². The molecule has 1 aliphatic heterocycles. The number of para-hydroxylation sites is 2. The summed E-state index contributed by atoms with van der Waals surface area (Å²) in [6.07, 6.45) is 3.41. The van der Waals surface area contributed by atoms with Gasteiger partial charge in [-0.15, -0.1) is 12.4 Å². The lowest BCUT2D eigenvalue weighted by Crippen LogP contribution is -2.36. The van der Waals surface area contributed by atoms with Gasteiger partial charge < -0.3 is 14.4 Å². The highest BCUT2D eigenvalue weighted by Gasteiger charge is 2.19. The van der Waals surface area contributed by atoms with E-state index < -0.39 is 0 Å². The number of H-pyrrole nitrogens is 1. The molecule has 150 valence electrons. The van der Waals surface area contributed by atoms with E-state index >= 15 is 0 Å². The normalized spacial score (nSPS) is 15.3. The van der Waals surface area contributed by atoms with Crippen molar-refractivity contribution >= 4 is 23.4 Å². The van der Waals surface area contributed by atoms with Gasteiger partial charge in [-0.25, -0.2) is 0 Å². The number of likely N-dealkylation sites (tertiary alicyclic amines) is 1. The smallest absolute Gasteiger partial charge is 0.154 e. The molecule has 0 amide bonds. The third kappa shape index (κ3) is 5.36. The van der Waals surface area contributed by atoms with E-state index in [1.165, 1.54) is 12.8 Å². The molecule has 6 nitrogen and oxygen atoms in total. The Bertz CT molecular complexity index is 835. The molecule has 0 unspecified atom stereocenters. The predicted molar refractivity (Wildman–Crippen MR) is 112 cm³/mol. The lowest BCUT2D eigenvalue weighted by molar-refractivity contribution is 0.135. The first-order valence-corrected chi connectivity index (χ1v) is 9.71. The van der Waals surface area contributed by atoms with Gasteiger partial charge in [0.1, 0.15) is 17.0 Å². The minimum atomic E-state index is 0. The van der Waals surface area contributed by atoms with Gasteiger partial charge in [0.2, 0.25) is 0 Å². The minimum absolute atomic E-state index is 0. The first-order chi connectivity index (χ1) is 13.4. The summed E-state index contributed by atoms with van der Waals surface area (Å²) in [4.78, 5) is 2.53. The van der Waals surface area contributed by atoms with Crippen molar-refractivity contribution in [1.82, 2.24) is 20.3 Å². The second-order valence-corrected chi connectivity index (χ2v) is 7.06. The third-order valence-corrected chi connectivity index (χ3v) is 5.12. The molecule has 0 bridgehead atoms. The summed E-state index contributed by atoms with van der Waals surface area (Å²) < 4.78 is 11.8. The van der Waals surface area contributed by atoms with Crippen LogP contribution in [0.25, 0.3) is 11.0 Å². The Morgan fingerprint density at radius 1 is 0.964 bits per heavy atom. The van der Waals surface area contributed by atoms with Crippen LogP contribution >= 0.6 is 12.4 Å². The number of aromatic amines is 1. The first kappa shape index (κ1) is 20.4. The maximum absolute atomic E-state index is 5.91. The fraction of sp³-hybridized carbons (Fsp3) is 0.429. The van der Waals surface area contributed by atoms with E-state index in [2.05, 4.69) is 20.3 Å². The number of hydrogen-bond acceptors (Lipinski definition) is 5. The fourth-order valence-corrected chi connectivity index (χ4v) is 3.54. The SMILES string of the molecule is Cl.c1ccc(OCC2CCN(CCCOc3cccc4n[nH]nc34)CC2)cc1. The maximum Gasteiger partial charge on any atom is 0.154 e. The molecule has 0 atom stereocenters. The van der Waals surface area contributed by atoms with Gasteiger partial charge in [0.25, 0.3) is 0 Å². The summed E-state index contributed by atoms with van der Waals surface area (Å²) in [6.45, 7) is 4.87. The van der Waals surface area contributed by atoms with Crippen LogP contribution in [0.1, 0.15) is 19.3 Å². The Morgan fingerprint density at radius 2 is 1.79 bits per heavy atom. The van der Waals surface area contributed by atoms with E-state index in [0.29, 0.717) is 12.5 Å². The van der Waals surface area contributed by atoms with Crippen molar-refractivity contribution in [2.75, 3.05) is 32.8 Å². The zero-order chi connectivity index (χ0) is 18.3. The fourth-order valence-electron chi connectivity index (χ4n) is 3.54. The van der Waals surface area contributed by atoms with E-state index in [1.807, 2.05) is 48.5 Å². The number of nitrogens with zero attached hydrogens (tertiary/aromatic N) is 3. The van der Waals surface area contributed by atoms with Gasteiger partial charge in [0.15, 0.2) is 5.52 Å². The zero-order valence-electron chi connectivity index (χ0n) is 15.9. The molecule has 0 saturated carbocycles. The molecular formula is C21H27ClN4O2. The number of ether oxygens (including phenoxy) is 2. The quantitative estimate of drug-likeness (QED) is 0.578. The Kier molecular flexibility index (Phi) is 7.51. The average molecular weight is 403 g/mol. The number of fused-ring (bicyclic) bond motifs is 1. The number of hydrogen-bond donors (Lipinski definition) is 1. The van der Waals surface area contributed by atoms with E-state index in [1.54, 1.807) is 0 Å². The van der Waals surface area contributed by atoms with Gasteiger partial charge in [-0.05, 0) is 62.5 Å². The van der Waals surface area contributed by atoms with E-state index in [4.69, 9.17) is 9.47 Å². The van der Waals surface area contributed by atoms with Crippen molar-refractivity contribution in [1.29, 1.82) is 0 Å². The number of halogens is 1. The summed E-state index contributed by atoms with van der Waals surface area (Å²) in [5.41, 5.74) is 1.64. The summed E-state index contributed by atoms with van der Waals surface area (Å²) in [5.74, 6) is 2.43. The van der Waals surface area contributed by atoms with E-state index in [-0.39, 0.29) is 12.4 Å². The summed E-state index contributed by atoms with van der Waals surface area (Å²) in [5, 5.41) is 10.9. The Labute approximate surface area is 171 Å². The lowest BCUT2D eigenvalue weighted by Gasteiger charge is -2.31. The maximum atomic E-state index is 5.91. The topological polar surface area (TPSA) is 63.3 Å². The standard InChI is InChI=1S/C21H26N4O2.ClH/c1-2-6-18(7-3-1)27-16-17-10-13-25(14-11-17)12-5-15-26-20-9-4-8-19-21(20)23-24-22-19;/h1-4,6-9,17H,5,10-16H2,(H,22,23,24);1H. The Balaban J connectivity index is 0.00000225. The number of nitrogens with one attached hydrogen (secondary N) is 1. The largest absolute Gasteiger partial charge is 0.493 e. The van der Waals surface area contributed by atoms with Crippen LogP contribution in [0.4, 0.5) is 0 Å². The van der Waals surface area contributed by atoms with Crippen LogP contribution in [0.15, 0.2) is 48.5 Å². The molecule has 1 aliphatic rings. The zero-order valence-corrected chi connectivity index (χ0v) is 16.7. The van der Waals surface area contributed by atoms with Gasteiger partial charge in [-0.2, -0.15) is 15.4 Å². The molecule has 28 heavy (non-hydrogen) atoms. The van der Waals surface area contributed by atoms with Crippen molar-refractivity contribution in [3.05, 3.63) is 48.5 Å². The molecule has 7 heteroatoms. The first-order valence-electron chi connectivity index (χ1n) is 9.71. The molecule has 3 aromatic rings. The molecule has 0 spiro atoms. The number of piperidine rings is 1. The van der Waals surface area contributed by atoms with Crippen molar-refractivity contribution in [2.45, 2.75) is 19.3 Å². The van der Waals surface area contributed by atoms with Gasteiger partial charge in [-0.1, -0.05) is 24.3 Å². The minimum Gasteiger partial charge on any atom is -0.493 e. The van der Waals surface area contributed by atoms with Gasteiger partial charge >= 0.3 is 0 Å². The lowest BCUT2D eigenvalue weighted by atomic mass is 9.98. The number of aromatic nitrogens is 3. The highest BCUT2D eigenvalue weighted by molar-refractivity contribution is 5.85. The van der Waals surface area contributed by atoms with Gasteiger partial charge in [-0.3, -0.25) is 0 Å². The monoisotopic (exact) mass is 402 g/mol. The van der Waals surface area contributed by atoms with Crippen LogP contribution in [-0.4, -0.2) is 53.2 Å². The number of benzene rings is 2. The van der Waals surface area contributed by atoms with E-state index in [9.17, 15) is 0 Å². The van der Waals surface area contributed by atoms with E-state index in [0.717, 1.165) is 55.2 Å². The molecule has 1 saturated heterocycles. The molecule has 0 radical (unpaired) electrons. The highest BCUT2D eigenvalue weighted by atomic mass is 35.5. The van der Waals surface area contributed by atoms with Crippen LogP contribution in [0, 0.1) is 5.92 Å². The van der Waals surface area contributed by atoms with Crippen LogP contribution in [0.5, 0.6) is 11.5 Å². The molecule has 1 fully saturated rings. The van der Waals surface area contributed by atoms with Crippen molar-refractivity contribution in [2.24, 2.45) is 5.92 Å². The Hall–Kier alpha value is -2.31. The van der Waals surface area contributed by atoms with Crippen molar-refractivity contribution in [3.63, 3.8) is 0 Å². The van der Waals surface area contributed by atoms with Gasteiger partial charge in [0, 0.05) is 6.54 Å². The van der Waals surface area contributed by atoms with Crippen molar-refractivity contribution < 1.29 is 9.47 Å². The number of rotatable bonds is 8. The second-order valence-electron chi connectivity index (χ2n) is 7.06. The molecule has 2 heterocycles. The summed E-state index contributed by atoms with van der Waals surface area (Å²) in [6, 6.07) is 15.9. The van der Waals surface area contributed by atoms with Crippen molar-refractivity contribution in [3.8, 4) is 11.5 Å². The average Bonchev–Trinajstić information content (AvgIpc) is 3.21. The molecule has 4 rings (SSSR count). The predicted octanol–water partition coefficient (Wildman–Crippen LogP) is 3.94. The van der Waals surface area contributed by atoms with Gasteiger partial charge in [0.05, 0.1) is 13.2 Å². The molecule has 1 N–H and O–H groups in total. The molecule has 0 aliphatic carbocycles. The van der Waals surface area contributed by atoms with Crippen LogP contribution in [-0.2, 0) is 0 Å². The summed E-state index contributed by atoms with van der Waals surface area (Å²) >= 11 is 0. The third-order valence-electron chi connectivity index (χ3n) is 5.12. The molecule has 1 aromatic heterocycles. The molecule has 2 aromatic carbocycles. The second kappa shape index (κ2) is 10.3. The molecular weight excluding hydrogens is 376 g/mol. The summed E-state index contributed by atoms with van der Waals surface area (Å²) in [7, 11) is 0. The van der Waals surface area contributed by atoms with Crippen LogP contribution < -0.4 is 9.47 Å². The Morgan fingerprint density at radius 3 is 2.61 bits per heavy atom. The highest BCUT2D eigenvalue weighted by Crippen LogP contribution is 2.22. The van der Waals surface area contributed by atoms with Crippen LogP contribution in [0.3, 0.4) is 0 Å².